The molecule has 5 aromatic rings. The molecule has 2 aromatic carbocycles. The number of nitrogens with one attached hydrogen (secondary N) is 1. The number of aromatic nitrogens is 5. The van der Waals surface area contributed by atoms with Crippen molar-refractivity contribution >= 4 is 28.0 Å². The molecule has 0 saturated carbocycles. The van der Waals surface area contributed by atoms with Crippen molar-refractivity contribution in [2.45, 2.75) is 6.54 Å². The van der Waals surface area contributed by atoms with Crippen molar-refractivity contribution in [3.63, 3.8) is 0 Å². The zero-order chi connectivity index (χ0) is 22.2. The quantitative estimate of drug-likeness (QED) is 0.447. The highest BCUT2D eigenvalue weighted by Gasteiger charge is 2.20. The van der Waals surface area contributed by atoms with E-state index < -0.39 is 0 Å². The molecule has 0 bridgehead atoms. The summed E-state index contributed by atoms with van der Waals surface area (Å²) in [6.45, 7) is 3.53. The summed E-state index contributed by atoms with van der Waals surface area (Å²) >= 11 is 0. The molecule has 0 radical (unpaired) electrons. The average molecular weight is 441 g/mol. The number of morpholine rings is 1. The molecule has 1 N–H and O–H groups in total. The van der Waals surface area contributed by atoms with Gasteiger partial charge in [0.05, 0.1) is 33.2 Å². The summed E-state index contributed by atoms with van der Waals surface area (Å²) in [7, 11) is 1.68. The zero-order valence-corrected chi connectivity index (χ0v) is 18.4. The number of nitrogens with zero attached hydrogens (tertiary/aromatic N) is 5. The molecular weight excluding hydrogens is 416 g/mol. The molecule has 33 heavy (non-hydrogen) atoms. The van der Waals surface area contributed by atoms with Crippen molar-refractivity contribution in [2.24, 2.45) is 0 Å². The number of aromatic amines is 1. The van der Waals surface area contributed by atoms with Gasteiger partial charge in [-0.3, -0.25) is 0 Å². The van der Waals surface area contributed by atoms with Gasteiger partial charge in [0, 0.05) is 30.4 Å². The van der Waals surface area contributed by atoms with E-state index in [1.807, 2.05) is 30.7 Å². The second kappa shape index (κ2) is 8.22. The summed E-state index contributed by atoms with van der Waals surface area (Å²) in [5.41, 5.74) is 5.65. The number of fused-ring (bicyclic) bond motifs is 2. The fraction of sp³-hybridized carbons (Fsp3) is 0.240. The van der Waals surface area contributed by atoms with Gasteiger partial charge in [-0.2, -0.15) is 4.98 Å². The van der Waals surface area contributed by atoms with Crippen molar-refractivity contribution in [1.82, 2.24) is 24.5 Å². The van der Waals surface area contributed by atoms with Gasteiger partial charge >= 0.3 is 0 Å². The van der Waals surface area contributed by atoms with Crippen LogP contribution in [0.25, 0.3) is 33.3 Å². The van der Waals surface area contributed by atoms with E-state index in [1.165, 1.54) is 5.39 Å². The number of imidazole rings is 1. The molecule has 6 rings (SSSR count). The van der Waals surface area contributed by atoms with Crippen molar-refractivity contribution in [3.8, 4) is 17.0 Å². The molecule has 0 unspecified atom stereocenters. The standard InChI is InChI=1S/C25H24N6O2/c1-32-20-4-2-3-17(13-20)15-31-16-27-23-22(19-6-5-18-7-8-26-21(18)14-19)28-25(29-24(23)31)30-9-11-33-12-10-30/h2-8,13-14,16,26H,9-12,15H2,1H3. The summed E-state index contributed by atoms with van der Waals surface area (Å²) in [6.07, 6.45) is 3.80. The monoisotopic (exact) mass is 440 g/mol. The molecule has 3 aromatic heterocycles. The van der Waals surface area contributed by atoms with Crippen LogP contribution in [0.3, 0.4) is 0 Å². The van der Waals surface area contributed by atoms with Gasteiger partial charge in [-0.15, -0.1) is 0 Å². The molecule has 1 aliphatic heterocycles. The molecule has 0 aliphatic carbocycles. The van der Waals surface area contributed by atoms with Gasteiger partial charge in [-0.1, -0.05) is 24.3 Å². The van der Waals surface area contributed by atoms with Gasteiger partial charge in [0.25, 0.3) is 0 Å². The third-order valence-electron chi connectivity index (χ3n) is 6.06. The first kappa shape index (κ1) is 19.8. The van der Waals surface area contributed by atoms with Crippen LogP contribution in [0, 0.1) is 0 Å². The lowest BCUT2D eigenvalue weighted by Crippen LogP contribution is -2.37. The highest BCUT2D eigenvalue weighted by atomic mass is 16.5. The third kappa shape index (κ3) is 3.68. The number of hydrogen-bond donors (Lipinski definition) is 1. The Hall–Kier alpha value is -3.91. The molecule has 166 valence electrons. The van der Waals surface area contributed by atoms with Crippen LogP contribution in [0.5, 0.6) is 5.75 Å². The number of hydrogen-bond acceptors (Lipinski definition) is 6. The van der Waals surface area contributed by atoms with E-state index >= 15 is 0 Å². The van der Waals surface area contributed by atoms with Gasteiger partial charge in [0.2, 0.25) is 5.95 Å². The number of methoxy groups -OCH3 is 1. The van der Waals surface area contributed by atoms with E-state index in [1.54, 1.807) is 7.11 Å². The molecule has 1 aliphatic rings. The fourth-order valence-corrected chi connectivity index (χ4v) is 4.32. The lowest BCUT2D eigenvalue weighted by Gasteiger charge is -2.27. The van der Waals surface area contributed by atoms with Crippen LogP contribution in [0.2, 0.25) is 0 Å². The minimum Gasteiger partial charge on any atom is -0.497 e. The third-order valence-corrected chi connectivity index (χ3v) is 6.06. The summed E-state index contributed by atoms with van der Waals surface area (Å²) < 4.78 is 13.0. The molecule has 1 fully saturated rings. The SMILES string of the molecule is COc1cccc(Cn2cnc3c(-c4ccc5cc[nH]c5c4)nc(N4CCOCC4)nc32)c1. The van der Waals surface area contributed by atoms with Gasteiger partial charge in [-0.05, 0) is 35.2 Å². The zero-order valence-electron chi connectivity index (χ0n) is 18.4. The van der Waals surface area contributed by atoms with Crippen LogP contribution in [-0.2, 0) is 11.3 Å². The van der Waals surface area contributed by atoms with E-state index in [-0.39, 0.29) is 0 Å². The molecule has 0 spiro atoms. The maximum Gasteiger partial charge on any atom is 0.228 e. The van der Waals surface area contributed by atoms with Gasteiger partial charge in [0.15, 0.2) is 5.65 Å². The Labute approximate surface area is 190 Å². The molecule has 8 heteroatoms. The molecule has 0 amide bonds. The summed E-state index contributed by atoms with van der Waals surface area (Å²) in [6, 6.07) is 16.5. The average Bonchev–Trinajstić information content (AvgIpc) is 3.51. The highest BCUT2D eigenvalue weighted by Crippen LogP contribution is 2.30. The van der Waals surface area contributed by atoms with Gasteiger partial charge in [-0.25, -0.2) is 9.97 Å². The summed E-state index contributed by atoms with van der Waals surface area (Å²) in [4.78, 5) is 20.2. The molecule has 4 heterocycles. The maximum atomic E-state index is 5.54. The normalized spacial score (nSPS) is 14.3. The topological polar surface area (TPSA) is 81.1 Å². The number of ether oxygens (including phenoxy) is 2. The first-order valence-electron chi connectivity index (χ1n) is 11.0. The van der Waals surface area contributed by atoms with Crippen LogP contribution in [0.15, 0.2) is 61.1 Å². The molecular formula is C25H24N6O2. The van der Waals surface area contributed by atoms with Crippen molar-refractivity contribution in [1.29, 1.82) is 0 Å². The van der Waals surface area contributed by atoms with Crippen LogP contribution in [0.4, 0.5) is 5.95 Å². The Morgan fingerprint density at radius 2 is 1.97 bits per heavy atom. The Morgan fingerprint density at radius 1 is 1.06 bits per heavy atom. The highest BCUT2D eigenvalue weighted by molar-refractivity contribution is 5.92. The maximum absolute atomic E-state index is 5.54. The first-order chi connectivity index (χ1) is 16.3. The Kier molecular flexibility index (Phi) is 4.92. The number of benzene rings is 2. The van der Waals surface area contributed by atoms with Crippen LogP contribution in [0.1, 0.15) is 5.56 Å². The fourth-order valence-electron chi connectivity index (χ4n) is 4.32. The Morgan fingerprint density at radius 3 is 2.85 bits per heavy atom. The van der Waals surface area contributed by atoms with Crippen molar-refractivity contribution in [2.75, 3.05) is 38.3 Å². The van der Waals surface area contributed by atoms with E-state index in [0.29, 0.717) is 25.7 Å². The summed E-state index contributed by atoms with van der Waals surface area (Å²) in [5.74, 6) is 1.54. The Balaban J connectivity index is 1.49. The Bertz CT molecular complexity index is 1430. The molecule has 1 saturated heterocycles. The lowest BCUT2D eigenvalue weighted by molar-refractivity contribution is 0.122. The second-order valence-electron chi connectivity index (χ2n) is 8.15. The number of anilines is 1. The van der Waals surface area contributed by atoms with Gasteiger partial charge in [0.1, 0.15) is 17.0 Å². The van der Waals surface area contributed by atoms with Crippen LogP contribution >= 0.6 is 0 Å². The van der Waals surface area contributed by atoms with Crippen molar-refractivity contribution < 1.29 is 9.47 Å². The minimum absolute atomic E-state index is 0.641. The smallest absolute Gasteiger partial charge is 0.228 e. The van der Waals surface area contributed by atoms with E-state index in [0.717, 1.165) is 52.3 Å². The minimum atomic E-state index is 0.641. The van der Waals surface area contributed by atoms with Gasteiger partial charge < -0.3 is 23.9 Å². The number of rotatable bonds is 5. The predicted octanol–water partition coefficient (Wildman–Crippen LogP) is 3.87. The van der Waals surface area contributed by atoms with E-state index in [9.17, 15) is 0 Å². The largest absolute Gasteiger partial charge is 0.497 e. The predicted molar refractivity (Wildman–Crippen MR) is 128 cm³/mol. The van der Waals surface area contributed by atoms with Crippen LogP contribution in [-0.4, -0.2) is 57.9 Å². The van der Waals surface area contributed by atoms with E-state index in [4.69, 9.17) is 24.4 Å². The molecule has 0 atom stereocenters. The summed E-state index contributed by atoms with van der Waals surface area (Å²) in [5, 5.41) is 1.17. The lowest BCUT2D eigenvalue weighted by atomic mass is 10.1. The number of H-pyrrole nitrogens is 1. The van der Waals surface area contributed by atoms with Crippen molar-refractivity contribution in [3.05, 3.63) is 66.6 Å². The van der Waals surface area contributed by atoms with Crippen LogP contribution < -0.4 is 9.64 Å². The molecule has 8 nitrogen and oxygen atoms in total. The van der Waals surface area contributed by atoms with E-state index in [2.05, 4.69) is 44.8 Å². The first-order valence-corrected chi connectivity index (χ1v) is 11.0. The second-order valence-corrected chi connectivity index (χ2v) is 8.15.